The van der Waals surface area contributed by atoms with Gasteiger partial charge >= 0.3 is 6.18 Å². The van der Waals surface area contributed by atoms with Gasteiger partial charge in [0.1, 0.15) is 5.82 Å². The Labute approximate surface area is 88.9 Å². The number of hydrogen-bond donors (Lipinski definition) is 1. The number of nitrogens with one attached hydrogen (secondary N) is 1. The normalized spacial score (nSPS) is 16.7. The van der Waals surface area contributed by atoms with Crippen LogP contribution in [0.4, 0.5) is 18.3 Å². The number of anilines is 1. The lowest BCUT2D eigenvalue weighted by atomic mass is 10.4. The number of alkyl halides is 3. The lowest BCUT2D eigenvalue weighted by Gasteiger charge is -2.05. The Bertz CT molecular complexity index is 332. The van der Waals surface area contributed by atoms with Gasteiger partial charge in [-0.2, -0.15) is 17.5 Å². The number of nitrogens with zero attached hydrogens (tertiary/aromatic N) is 2. The third kappa shape index (κ3) is 3.33. The van der Waals surface area contributed by atoms with E-state index in [9.17, 15) is 13.2 Å². The second kappa shape index (κ2) is 3.96. The van der Waals surface area contributed by atoms with E-state index in [1.807, 2.05) is 0 Å². The Morgan fingerprint density at radius 1 is 1.40 bits per heavy atom. The molecule has 0 radical (unpaired) electrons. The predicted octanol–water partition coefficient (Wildman–Crippen LogP) is 2.78. The highest BCUT2D eigenvalue weighted by molar-refractivity contribution is 7.09. The van der Waals surface area contributed by atoms with Crippen LogP contribution in [0.2, 0.25) is 0 Å². The van der Waals surface area contributed by atoms with Crippen LogP contribution in [-0.2, 0) is 0 Å². The summed E-state index contributed by atoms with van der Waals surface area (Å²) in [7, 11) is 0. The summed E-state index contributed by atoms with van der Waals surface area (Å²) in [6.45, 7) is -0.136. The number of rotatable bonds is 4. The fourth-order valence-electron chi connectivity index (χ4n) is 1.13. The van der Waals surface area contributed by atoms with Crippen LogP contribution < -0.4 is 5.32 Å². The second-order valence-electron chi connectivity index (χ2n) is 3.52. The summed E-state index contributed by atoms with van der Waals surface area (Å²) in [5.74, 6) is 1.22. The van der Waals surface area contributed by atoms with Gasteiger partial charge in [-0.25, -0.2) is 4.98 Å². The summed E-state index contributed by atoms with van der Waals surface area (Å²) < 4.78 is 39.6. The van der Waals surface area contributed by atoms with Crippen molar-refractivity contribution in [2.75, 3.05) is 11.9 Å². The number of hydrogen-bond acceptors (Lipinski definition) is 4. The molecule has 0 spiro atoms. The summed E-state index contributed by atoms with van der Waals surface area (Å²) >= 11 is 1.13. The first-order valence-corrected chi connectivity index (χ1v) is 5.46. The summed E-state index contributed by atoms with van der Waals surface area (Å²) in [5.41, 5.74) is 0. The molecule has 0 atom stereocenters. The number of halogens is 3. The minimum atomic E-state index is -4.11. The highest BCUT2D eigenvalue weighted by Crippen LogP contribution is 2.39. The van der Waals surface area contributed by atoms with Crippen molar-refractivity contribution in [3.05, 3.63) is 5.82 Å². The summed E-state index contributed by atoms with van der Waals surface area (Å²) in [6.07, 6.45) is -2.76. The fourth-order valence-corrected chi connectivity index (χ4v) is 1.80. The number of aromatic nitrogens is 2. The Balaban J connectivity index is 1.78. The van der Waals surface area contributed by atoms with E-state index < -0.39 is 12.6 Å². The SMILES string of the molecule is FC(F)(F)CCNc1nc(C2CC2)ns1. The minimum absolute atomic E-state index is 0.136. The Morgan fingerprint density at radius 2 is 2.13 bits per heavy atom. The molecule has 0 aliphatic heterocycles. The maximum Gasteiger partial charge on any atom is 0.390 e. The molecule has 1 heterocycles. The molecule has 0 unspecified atom stereocenters. The van der Waals surface area contributed by atoms with E-state index in [0.717, 1.165) is 30.2 Å². The van der Waals surface area contributed by atoms with E-state index in [2.05, 4.69) is 14.7 Å². The molecular weight excluding hydrogens is 227 g/mol. The topological polar surface area (TPSA) is 37.8 Å². The molecule has 0 bridgehead atoms. The molecule has 1 N–H and O–H groups in total. The summed E-state index contributed by atoms with van der Waals surface area (Å²) in [5, 5.41) is 3.12. The minimum Gasteiger partial charge on any atom is -0.360 e. The molecule has 1 fully saturated rings. The maximum absolute atomic E-state index is 11.8. The highest BCUT2D eigenvalue weighted by Gasteiger charge is 2.28. The van der Waals surface area contributed by atoms with E-state index in [4.69, 9.17) is 0 Å². The Hall–Kier alpha value is -0.850. The Morgan fingerprint density at radius 3 is 2.73 bits per heavy atom. The average molecular weight is 237 g/mol. The molecule has 1 aliphatic carbocycles. The third-order valence-corrected chi connectivity index (χ3v) is 2.76. The van der Waals surface area contributed by atoms with Crippen molar-refractivity contribution in [3.8, 4) is 0 Å². The third-order valence-electron chi connectivity index (χ3n) is 2.07. The van der Waals surface area contributed by atoms with Crippen LogP contribution in [0.1, 0.15) is 31.0 Å². The van der Waals surface area contributed by atoms with Crippen molar-refractivity contribution >= 4 is 16.7 Å². The van der Waals surface area contributed by atoms with Crippen LogP contribution in [0.25, 0.3) is 0 Å². The maximum atomic E-state index is 11.8. The van der Waals surface area contributed by atoms with E-state index in [-0.39, 0.29) is 6.54 Å². The second-order valence-corrected chi connectivity index (χ2v) is 4.28. The van der Waals surface area contributed by atoms with Gasteiger partial charge in [0.15, 0.2) is 0 Å². The molecule has 0 amide bonds. The monoisotopic (exact) mass is 237 g/mol. The fraction of sp³-hybridized carbons (Fsp3) is 0.750. The lowest BCUT2D eigenvalue weighted by molar-refractivity contribution is -0.131. The van der Waals surface area contributed by atoms with Crippen LogP contribution in [0, 0.1) is 0 Å². The predicted molar refractivity (Wildman–Crippen MR) is 51.0 cm³/mol. The molecular formula is C8H10F3N3S. The molecule has 0 aromatic carbocycles. The van der Waals surface area contributed by atoms with E-state index in [0.29, 0.717) is 11.0 Å². The van der Waals surface area contributed by atoms with Crippen LogP contribution >= 0.6 is 11.5 Å². The standard InChI is InChI=1S/C8H10F3N3S/c9-8(10,11)3-4-12-7-13-6(14-15-7)5-1-2-5/h5H,1-4H2,(H,12,13,14). The van der Waals surface area contributed by atoms with E-state index in [1.54, 1.807) is 0 Å². The van der Waals surface area contributed by atoms with Gasteiger partial charge in [-0.3, -0.25) is 0 Å². The van der Waals surface area contributed by atoms with Crippen molar-refractivity contribution in [2.45, 2.75) is 31.4 Å². The van der Waals surface area contributed by atoms with Crippen molar-refractivity contribution in [1.29, 1.82) is 0 Å². The van der Waals surface area contributed by atoms with E-state index >= 15 is 0 Å². The molecule has 2 rings (SSSR count). The zero-order chi connectivity index (χ0) is 10.9. The lowest BCUT2D eigenvalue weighted by Crippen LogP contribution is -2.14. The van der Waals surface area contributed by atoms with Gasteiger partial charge in [0.05, 0.1) is 6.42 Å². The molecule has 84 valence electrons. The van der Waals surface area contributed by atoms with Crippen molar-refractivity contribution < 1.29 is 13.2 Å². The average Bonchev–Trinajstić information content (AvgIpc) is 2.86. The Kier molecular flexibility index (Phi) is 2.81. The zero-order valence-electron chi connectivity index (χ0n) is 7.84. The van der Waals surface area contributed by atoms with Crippen molar-refractivity contribution in [2.24, 2.45) is 0 Å². The van der Waals surface area contributed by atoms with E-state index in [1.165, 1.54) is 0 Å². The van der Waals surface area contributed by atoms with Gasteiger partial charge in [0, 0.05) is 24.0 Å². The van der Waals surface area contributed by atoms with Gasteiger partial charge in [0.2, 0.25) is 5.13 Å². The molecule has 0 saturated heterocycles. The molecule has 7 heteroatoms. The molecule has 15 heavy (non-hydrogen) atoms. The summed E-state index contributed by atoms with van der Waals surface area (Å²) in [6, 6.07) is 0. The van der Waals surface area contributed by atoms with Gasteiger partial charge in [0.25, 0.3) is 0 Å². The van der Waals surface area contributed by atoms with Crippen LogP contribution in [-0.4, -0.2) is 22.1 Å². The van der Waals surface area contributed by atoms with Crippen molar-refractivity contribution in [1.82, 2.24) is 9.36 Å². The van der Waals surface area contributed by atoms with Crippen LogP contribution in [0.15, 0.2) is 0 Å². The van der Waals surface area contributed by atoms with Gasteiger partial charge in [-0.15, -0.1) is 0 Å². The largest absolute Gasteiger partial charge is 0.390 e. The molecule has 1 aromatic heterocycles. The molecule has 1 saturated carbocycles. The first-order valence-electron chi connectivity index (χ1n) is 4.69. The van der Waals surface area contributed by atoms with Gasteiger partial charge in [-0.05, 0) is 12.8 Å². The first kappa shape index (κ1) is 10.7. The van der Waals surface area contributed by atoms with Crippen molar-refractivity contribution in [3.63, 3.8) is 0 Å². The zero-order valence-corrected chi connectivity index (χ0v) is 8.66. The highest BCUT2D eigenvalue weighted by atomic mass is 32.1. The smallest absolute Gasteiger partial charge is 0.360 e. The van der Waals surface area contributed by atoms with Crippen LogP contribution in [0.5, 0.6) is 0 Å². The van der Waals surface area contributed by atoms with Gasteiger partial charge in [-0.1, -0.05) is 0 Å². The molecule has 3 nitrogen and oxygen atoms in total. The molecule has 1 aromatic rings. The first-order chi connectivity index (χ1) is 7.04. The summed E-state index contributed by atoms with van der Waals surface area (Å²) in [4.78, 5) is 4.12. The quantitative estimate of drug-likeness (QED) is 0.875. The van der Waals surface area contributed by atoms with Crippen LogP contribution in [0.3, 0.4) is 0 Å². The molecule has 1 aliphatic rings. The van der Waals surface area contributed by atoms with Gasteiger partial charge < -0.3 is 5.32 Å².